The van der Waals surface area contributed by atoms with E-state index in [1.807, 2.05) is 34.6 Å². The molecular formula is C18H33N3O5. The standard InChI is InChI=1S/C18H33N3O5/c1-11(2)10-21(26)17(25)13(22)9-14(23)20-15(18(3,4)5)16(24)19-12-7-6-8-12/h11-13,15,22,26H,6-10H2,1-5H3,(H,19,24)(H,20,23)/t13-,15+/m0/s1. The van der Waals surface area contributed by atoms with Crippen molar-refractivity contribution in [2.45, 2.75) is 78.5 Å². The van der Waals surface area contributed by atoms with Gasteiger partial charge in [-0.1, -0.05) is 34.6 Å². The number of rotatable bonds is 8. The average molecular weight is 371 g/mol. The summed E-state index contributed by atoms with van der Waals surface area (Å²) < 4.78 is 0. The summed E-state index contributed by atoms with van der Waals surface area (Å²) in [5, 5.41) is 25.5. The molecule has 3 amide bonds. The van der Waals surface area contributed by atoms with E-state index in [1.165, 1.54) is 0 Å². The van der Waals surface area contributed by atoms with Crippen LogP contribution in [0.2, 0.25) is 0 Å². The summed E-state index contributed by atoms with van der Waals surface area (Å²) in [5.74, 6) is -1.79. The minimum atomic E-state index is -1.66. The lowest BCUT2D eigenvalue weighted by Crippen LogP contribution is -2.56. The van der Waals surface area contributed by atoms with E-state index in [0.29, 0.717) is 5.06 Å². The van der Waals surface area contributed by atoms with Crippen LogP contribution in [0.15, 0.2) is 0 Å². The molecule has 0 saturated heterocycles. The molecule has 0 aromatic rings. The van der Waals surface area contributed by atoms with Crippen molar-refractivity contribution in [2.24, 2.45) is 11.3 Å². The maximum atomic E-state index is 12.5. The molecule has 0 aliphatic heterocycles. The van der Waals surface area contributed by atoms with Gasteiger partial charge in [-0.15, -0.1) is 0 Å². The van der Waals surface area contributed by atoms with Crippen LogP contribution >= 0.6 is 0 Å². The van der Waals surface area contributed by atoms with Crippen molar-refractivity contribution < 1.29 is 24.7 Å². The highest BCUT2D eigenvalue weighted by atomic mass is 16.5. The van der Waals surface area contributed by atoms with Crippen LogP contribution in [0.5, 0.6) is 0 Å². The van der Waals surface area contributed by atoms with Crippen LogP contribution < -0.4 is 10.6 Å². The highest BCUT2D eigenvalue weighted by molar-refractivity contribution is 5.91. The van der Waals surface area contributed by atoms with Gasteiger partial charge in [-0.05, 0) is 30.6 Å². The van der Waals surface area contributed by atoms with Crippen molar-refractivity contribution in [2.75, 3.05) is 6.54 Å². The van der Waals surface area contributed by atoms with Crippen LogP contribution in [0.3, 0.4) is 0 Å². The highest BCUT2D eigenvalue weighted by Crippen LogP contribution is 2.22. The molecule has 0 heterocycles. The third-order valence-electron chi connectivity index (χ3n) is 4.34. The van der Waals surface area contributed by atoms with Gasteiger partial charge in [0.1, 0.15) is 12.1 Å². The van der Waals surface area contributed by atoms with Gasteiger partial charge in [-0.2, -0.15) is 0 Å². The molecule has 4 N–H and O–H groups in total. The molecule has 0 spiro atoms. The van der Waals surface area contributed by atoms with E-state index in [9.17, 15) is 24.7 Å². The predicted octanol–water partition coefficient (Wildman–Crippen LogP) is 0.811. The Kier molecular flexibility index (Phi) is 8.02. The fourth-order valence-electron chi connectivity index (χ4n) is 2.60. The summed E-state index contributed by atoms with van der Waals surface area (Å²) in [6.45, 7) is 9.17. The molecule has 26 heavy (non-hydrogen) atoms. The molecule has 1 rings (SSSR count). The quantitative estimate of drug-likeness (QED) is 0.372. The SMILES string of the molecule is CC(C)CN(O)C(=O)[C@@H](O)CC(=O)N[C@H](C(=O)NC1CCC1)C(C)(C)C. The van der Waals surface area contributed by atoms with Gasteiger partial charge in [-0.3, -0.25) is 19.6 Å². The summed E-state index contributed by atoms with van der Waals surface area (Å²) in [6, 6.07) is -0.630. The Bertz CT molecular complexity index is 511. The molecule has 1 aliphatic rings. The van der Waals surface area contributed by atoms with Crippen LogP contribution in [0.1, 0.15) is 60.3 Å². The van der Waals surface area contributed by atoms with Crippen molar-refractivity contribution in [3.05, 3.63) is 0 Å². The zero-order valence-electron chi connectivity index (χ0n) is 16.4. The van der Waals surface area contributed by atoms with Crippen molar-refractivity contribution in [1.82, 2.24) is 15.7 Å². The Labute approximate surface area is 155 Å². The largest absolute Gasteiger partial charge is 0.383 e. The van der Waals surface area contributed by atoms with Gasteiger partial charge in [0.05, 0.1) is 13.0 Å². The molecule has 2 atom stereocenters. The summed E-state index contributed by atoms with van der Waals surface area (Å²) in [6.07, 6.45) is 0.781. The third kappa shape index (κ3) is 6.92. The maximum absolute atomic E-state index is 12.5. The molecule has 1 aliphatic carbocycles. The van der Waals surface area contributed by atoms with E-state index in [0.717, 1.165) is 19.3 Å². The number of hydrogen-bond acceptors (Lipinski definition) is 5. The molecule has 0 bridgehead atoms. The second-order valence-corrected chi connectivity index (χ2v) is 8.54. The van der Waals surface area contributed by atoms with E-state index in [1.54, 1.807) is 0 Å². The minimum absolute atomic E-state index is 0.0189. The minimum Gasteiger partial charge on any atom is -0.383 e. The fraction of sp³-hybridized carbons (Fsp3) is 0.833. The van der Waals surface area contributed by atoms with E-state index in [2.05, 4.69) is 10.6 Å². The number of nitrogens with zero attached hydrogens (tertiary/aromatic N) is 1. The average Bonchev–Trinajstić information content (AvgIpc) is 2.45. The van der Waals surface area contributed by atoms with Crippen LogP contribution in [-0.2, 0) is 14.4 Å². The molecule has 0 aromatic heterocycles. The number of hydroxylamine groups is 2. The molecule has 8 nitrogen and oxygen atoms in total. The Morgan fingerprint density at radius 3 is 2.19 bits per heavy atom. The smallest absolute Gasteiger partial charge is 0.275 e. The Morgan fingerprint density at radius 1 is 1.19 bits per heavy atom. The topological polar surface area (TPSA) is 119 Å². The number of hydrogen-bond donors (Lipinski definition) is 4. The first-order valence-electron chi connectivity index (χ1n) is 9.20. The summed E-state index contributed by atoms with van der Waals surface area (Å²) in [4.78, 5) is 36.6. The first-order valence-corrected chi connectivity index (χ1v) is 9.20. The number of aliphatic hydroxyl groups is 1. The van der Waals surface area contributed by atoms with Crippen LogP contribution in [0.25, 0.3) is 0 Å². The second-order valence-electron chi connectivity index (χ2n) is 8.54. The Morgan fingerprint density at radius 2 is 1.77 bits per heavy atom. The van der Waals surface area contributed by atoms with Gasteiger partial charge in [0.25, 0.3) is 5.91 Å². The number of nitrogens with one attached hydrogen (secondary N) is 2. The predicted molar refractivity (Wildman–Crippen MR) is 96.1 cm³/mol. The van der Waals surface area contributed by atoms with Crippen LogP contribution in [0, 0.1) is 11.3 Å². The highest BCUT2D eigenvalue weighted by Gasteiger charge is 2.35. The van der Waals surface area contributed by atoms with Gasteiger partial charge in [0, 0.05) is 6.04 Å². The monoisotopic (exact) mass is 371 g/mol. The Hall–Kier alpha value is -1.67. The maximum Gasteiger partial charge on any atom is 0.275 e. The summed E-state index contributed by atoms with van der Waals surface area (Å²) in [7, 11) is 0. The van der Waals surface area contributed by atoms with Crippen molar-refractivity contribution >= 4 is 17.7 Å². The van der Waals surface area contributed by atoms with Gasteiger partial charge < -0.3 is 15.7 Å². The molecular weight excluding hydrogens is 338 g/mol. The summed E-state index contributed by atoms with van der Waals surface area (Å²) in [5.41, 5.74) is -0.529. The van der Waals surface area contributed by atoms with E-state index in [4.69, 9.17) is 0 Å². The van der Waals surface area contributed by atoms with Gasteiger partial charge in [0.2, 0.25) is 11.8 Å². The van der Waals surface area contributed by atoms with Crippen LogP contribution in [0.4, 0.5) is 0 Å². The summed E-state index contributed by atoms with van der Waals surface area (Å²) >= 11 is 0. The third-order valence-corrected chi connectivity index (χ3v) is 4.34. The van der Waals surface area contributed by atoms with Gasteiger partial charge in [-0.25, -0.2) is 5.06 Å². The fourth-order valence-corrected chi connectivity index (χ4v) is 2.60. The van der Waals surface area contributed by atoms with Crippen molar-refractivity contribution in [3.63, 3.8) is 0 Å². The molecule has 8 heteroatoms. The van der Waals surface area contributed by atoms with E-state index in [-0.39, 0.29) is 24.4 Å². The molecule has 1 saturated carbocycles. The van der Waals surface area contributed by atoms with Crippen molar-refractivity contribution in [1.29, 1.82) is 0 Å². The lowest BCUT2D eigenvalue weighted by atomic mass is 9.85. The lowest BCUT2D eigenvalue weighted by Gasteiger charge is -2.34. The molecule has 0 radical (unpaired) electrons. The lowest BCUT2D eigenvalue weighted by molar-refractivity contribution is -0.177. The zero-order valence-corrected chi connectivity index (χ0v) is 16.4. The number of aliphatic hydroxyl groups excluding tert-OH is 1. The van der Waals surface area contributed by atoms with Crippen molar-refractivity contribution in [3.8, 4) is 0 Å². The van der Waals surface area contributed by atoms with E-state index >= 15 is 0 Å². The first kappa shape index (κ1) is 22.4. The Balaban J connectivity index is 2.62. The van der Waals surface area contributed by atoms with Gasteiger partial charge in [0.15, 0.2) is 0 Å². The van der Waals surface area contributed by atoms with Gasteiger partial charge >= 0.3 is 0 Å². The number of carbonyl (C=O) groups is 3. The van der Waals surface area contributed by atoms with E-state index < -0.39 is 35.8 Å². The van der Waals surface area contributed by atoms with Crippen LogP contribution in [-0.4, -0.2) is 57.8 Å². The first-order chi connectivity index (χ1) is 11.9. The molecule has 0 unspecified atom stereocenters. The number of amides is 3. The second kappa shape index (κ2) is 9.32. The molecule has 0 aromatic carbocycles. The molecule has 150 valence electrons. The molecule has 1 fully saturated rings. The normalized spacial score (nSPS) is 17.2. The zero-order chi connectivity index (χ0) is 20.1. The number of carbonyl (C=O) groups excluding carboxylic acids is 3.